The summed E-state index contributed by atoms with van der Waals surface area (Å²) in [5, 5.41) is 5.01. The Balaban J connectivity index is 1.50. The molecule has 0 unspecified atom stereocenters. The average Bonchev–Trinajstić information content (AvgIpc) is 2.88. The molecule has 0 spiro atoms. The first-order chi connectivity index (χ1) is 18.1. The van der Waals surface area contributed by atoms with E-state index in [4.69, 9.17) is 38.7 Å². The Morgan fingerprint density at radius 3 is 2.42 bits per heavy atom. The number of aromatic nitrogens is 4. The maximum atomic E-state index is 12.2. The van der Waals surface area contributed by atoms with E-state index in [0.717, 1.165) is 32.4 Å². The van der Waals surface area contributed by atoms with Crippen molar-refractivity contribution in [3.05, 3.63) is 103 Å². The molecule has 0 bridgehead atoms. The lowest BCUT2D eigenvalue weighted by Crippen LogP contribution is -2.33. The van der Waals surface area contributed by atoms with Gasteiger partial charge in [-0.1, -0.05) is 61.3 Å². The number of nitrogen functional groups attached to an aromatic ring is 1. The number of halogens is 2. The Morgan fingerprint density at radius 2 is 1.71 bits per heavy atom. The summed E-state index contributed by atoms with van der Waals surface area (Å²) in [7, 11) is 0. The van der Waals surface area contributed by atoms with E-state index in [-0.39, 0.29) is 27.3 Å². The molecule has 192 valence electrons. The molecule has 2 aromatic heterocycles. The molecule has 3 N–H and O–H groups in total. The maximum absolute atomic E-state index is 12.2. The first kappa shape index (κ1) is 25.5. The first-order valence-corrected chi connectivity index (χ1v) is 12.5. The van der Waals surface area contributed by atoms with E-state index in [2.05, 4.69) is 42.1 Å². The van der Waals surface area contributed by atoms with Gasteiger partial charge in [0.1, 0.15) is 5.75 Å². The zero-order valence-corrected chi connectivity index (χ0v) is 22.3. The van der Waals surface area contributed by atoms with Crippen LogP contribution in [0.3, 0.4) is 0 Å². The van der Waals surface area contributed by atoms with E-state index in [9.17, 15) is 9.59 Å². The summed E-state index contributed by atoms with van der Waals surface area (Å²) in [4.78, 5) is 30.7. The number of hydrogen-bond donors (Lipinski definition) is 2. The van der Waals surface area contributed by atoms with Crippen molar-refractivity contribution in [1.82, 2.24) is 19.7 Å². The summed E-state index contributed by atoms with van der Waals surface area (Å²) in [6.45, 7) is 6.37. The van der Waals surface area contributed by atoms with Crippen molar-refractivity contribution in [3.8, 4) is 28.4 Å². The Morgan fingerprint density at radius 1 is 1.00 bits per heavy atom. The number of hydrogen-bond acceptors (Lipinski definition) is 6. The lowest BCUT2D eigenvalue weighted by Gasteiger charge is -2.15. The van der Waals surface area contributed by atoms with E-state index >= 15 is 0 Å². The van der Waals surface area contributed by atoms with Crippen LogP contribution >= 0.6 is 23.2 Å². The third-order valence-electron chi connectivity index (χ3n) is 6.15. The van der Waals surface area contributed by atoms with Crippen LogP contribution in [0.15, 0.2) is 70.3 Å². The van der Waals surface area contributed by atoms with Gasteiger partial charge in [-0.15, -0.1) is 5.10 Å². The Hall–Kier alpha value is -4.14. The number of rotatable bonds is 5. The standard InChI is InChI=1S/C28H23Cl2N5O3/c1-14(2)18-6-4-5-7-19(18)24-10-15(3)20-13-17(8-9-23(20)32-24)38-25-21(29)11-16(12-22(25)30)35-28(37)33-27(36)26(31)34-35/h4-14H,1-3H3,(H2,31,34)(H,33,36,37). The van der Waals surface area contributed by atoms with Crippen LogP contribution in [-0.4, -0.2) is 19.7 Å². The summed E-state index contributed by atoms with van der Waals surface area (Å²) >= 11 is 12.9. The molecule has 0 saturated carbocycles. The van der Waals surface area contributed by atoms with Gasteiger partial charge >= 0.3 is 5.69 Å². The van der Waals surface area contributed by atoms with E-state index in [1.807, 2.05) is 31.2 Å². The van der Waals surface area contributed by atoms with Crippen LogP contribution in [0.1, 0.15) is 30.9 Å². The molecular formula is C28H23Cl2N5O3. The third kappa shape index (κ3) is 4.76. The topological polar surface area (TPSA) is 116 Å². The molecule has 5 rings (SSSR count). The number of H-pyrrole nitrogens is 1. The van der Waals surface area contributed by atoms with Crippen molar-refractivity contribution in [3.63, 3.8) is 0 Å². The summed E-state index contributed by atoms with van der Waals surface area (Å²) in [5.41, 5.74) is 9.36. The molecule has 0 radical (unpaired) electrons. The molecule has 0 aliphatic heterocycles. The van der Waals surface area contributed by atoms with Crippen LogP contribution in [0.4, 0.5) is 5.82 Å². The van der Waals surface area contributed by atoms with Crippen molar-refractivity contribution >= 4 is 39.9 Å². The number of nitrogens with one attached hydrogen (secondary N) is 1. The van der Waals surface area contributed by atoms with E-state index in [0.29, 0.717) is 11.7 Å². The maximum Gasteiger partial charge on any atom is 0.349 e. The van der Waals surface area contributed by atoms with Gasteiger partial charge in [-0.25, -0.2) is 9.78 Å². The summed E-state index contributed by atoms with van der Waals surface area (Å²) < 4.78 is 6.95. The van der Waals surface area contributed by atoms with Crippen molar-refractivity contribution < 1.29 is 4.74 Å². The fourth-order valence-electron chi connectivity index (χ4n) is 4.28. The van der Waals surface area contributed by atoms with Gasteiger partial charge in [0, 0.05) is 10.9 Å². The number of pyridine rings is 1. The second-order valence-electron chi connectivity index (χ2n) is 9.14. The molecule has 0 aliphatic rings. The summed E-state index contributed by atoms with van der Waals surface area (Å²) in [6.07, 6.45) is 0. The molecule has 10 heteroatoms. The van der Waals surface area contributed by atoms with Gasteiger partial charge in [0.25, 0.3) is 5.56 Å². The number of benzene rings is 3. The monoisotopic (exact) mass is 547 g/mol. The molecule has 0 aliphatic carbocycles. The SMILES string of the molecule is Cc1cc(-c2ccccc2C(C)C)nc2ccc(Oc3c(Cl)cc(-n4nc(N)c(=O)[nH]c4=O)cc3Cl)cc12. The van der Waals surface area contributed by atoms with Crippen molar-refractivity contribution in [2.75, 3.05) is 5.73 Å². The summed E-state index contributed by atoms with van der Waals surface area (Å²) in [6, 6.07) is 18.8. The number of nitrogens with zero attached hydrogens (tertiary/aromatic N) is 3. The number of nitrogens with two attached hydrogens (primary N) is 1. The predicted octanol–water partition coefficient (Wildman–Crippen LogP) is 6.25. The number of anilines is 1. The van der Waals surface area contributed by atoms with Crippen LogP contribution in [0, 0.1) is 6.92 Å². The Bertz CT molecular complexity index is 1810. The largest absolute Gasteiger partial charge is 0.454 e. The fourth-order valence-corrected chi connectivity index (χ4v) is 4.83. The van der Waals surface area contributed by atoms with Gasteiger partial charge < -0.3 is 10.5 Å². The highest BCUT2D eigenvalue weighted by Gasteiger charge is 2.16. The molecule has 8 nitrogen and oxygen atoms in total. The number of aryl methyl sites for hydroxylation is 1. The van der Waals surface area contributed by atoms with Gasteiger partial charge in [-0.2, -0.15) is 4.68 Å². The molecule has 0 saturated heterocycles. The van der Waals surface area contributed by atoms with E-state index < -0.39 is 11.2 Å². The van der Waals surface area contributed by atoms with Gasteiger partial charge in [0.05, 0.1) is 26.9 Å². The molecule has 5 aromatic rings. The van der Waals surface area contributed by atoms with Crippen LogP contribution in [0.2, 0.25) is 10.0 Å². The van der Waals surface area contributed by atoms with Crippen molar-refractivity contribution in [1.29, 1.82) is 0 Å². The predicted molar refractivity (Wildman–Crippen MR) is 151 cm³/mol. The van der Waals surface area contributed by atoms with Gasteiger partial charge in [-0.3, -0.25) is 9.78 Å². The molecule has 0 amide bonds. The normalized spacial score (nSPS) is 11.3. The van der Waals surface area contributed by atoms with Crippen LogP contribution in [0.25, 0.3) is 27.8 Å². The average molecular weight is 548 g/mol. The third-order valence-corrected chi connectivity index (χ3v) is 6.71. The van der Waals surface area contributed by atoms with Crippen LogP contribution in [0.5, 0.6) is 11.5 Å². The molecule has 3 aromatic carbocycles. The zero-order chi connectivity index (χ0) is 27.1. The van der Waals surface area contributed by atoms with Gasteiger partial charge in [0.2, 0.25) is 5.82 Å². The van der Waals surface area contributed by atoms with Crippen LogP contribution in [-0.2, 0) is 0 Å². The minimum atomic E-state index is -0.780. The van der Waals surface area contributed by atoms with Crippen molar-refractivity contribution in [2.24, 2.45) is 0 Å². The van der Waals surface area contributed by atoms with Crippen LogP contribution < -0.4 is 21.7 Å². The lowest BCUT2D eigenvalue weighted by atomic mass is 9.94. The van der Waals surface area contributed by atoms with Gasteiger partial charge in [-0.05, 0) is 60.4 Å². The molecule has 2 heterocycles. The molecule has 0 atom stereocenters. The summed E-state index contributed by atoms with van der Waals surface area (Å²) in [5.74, 6) is 0.720. The quantitative estimate of drug-likeness (QED) is 0.268. The minimum Gasteiger partial charge on any atom is -0.454 e. The number of ether oxygens (including phenoxy) is 1. The highest BCUT2D eigenvalue weighted by atomic mass is 35.5. The fraction of sp³-hybridized carbons (Fsp3) is 0.143. The highest BCUT2D eigenvalue weighted by molar-refractivity contribution is 6.37. The van der Waals surface area contributed by atoms with Crippen molar-refractivity contribution in [2.45, 2.75) is 26.7 Å². The minimum absolute atomic E-state index is 0.140. The zero-order valence-electron chi connectivity index (χ0n) is 20.8. The molecule has 38 heavy (non-hydrogen) atoms. The van der Waals surface area contributed by atoms with Gasteiger partial charge in [0.15, 0.2) is 5.75 Å². The number of fused-ring (bicyclic) bond motifs is 1. The smallest absolute Gasteiger partial charge is 0.349 e. The van der Waals surface area contributed by atoms with E-state index in [1.54, 1.807) is 6.07 Å². The van der Waals surface area contributed by atoms with E-state index in [1.165, 1.54) is 17.7 Å². The number of aromatic amines is 1. The second kappa shape index (κ2) is 9.96. The Kier molecular flexibility index (Phi) is 6.69. The molecule has 0 fully saturated rings. The highest BCUT2D eigenvalue weighted by Crippen LogP contribution is 2.39. The second-order valence-corrected chi connectivity index (χ2v) is 9.96. The molecular weight excluding hydrogens is 525 g/mol. The first-order valence-electron chi connectivity index (χ1n) is 11.8. The lowest BCUT2D eigenvalue weighted by molar-refractivity contribution is 0.483. The Labute approximate surface area is 227 Å².